The highest BCUT2D eigenvalue weighted by molar-refractivity contribution is 6.31. The van der Waals surface area contributed by atoms with E-state index in [0.717, 1.165) is 43.3 Å². The Kier molecular flexibility index (Phi) is 4.80. The molecule has 1 saturated heterocycles. The fourth-order valence-electron chi connectivity index (χ4n) is 2.16. The maximum absolute atomic E-state index is 6.20. The van der Waals surface area contributed by atoms with Gasteiger partial charge in [-0.1, -0.05) is 29.8 Å². The molecule has 1 N–H and O–H groups in total. The van der Waals surface area contributed by atoms with Crippen LogP contribution >= 0.6 is 11.6 Å². The molecule has 2 rings (SSSR count). The van der Waals surface area contributed by atoms with E-state index in [0.29, 0.717) is 0 Å². The summed E-state index contributed by atoms with van der Waals surface area (Å²) in [5, 5.41) is 4.14. The predicted molar refractivity (Wildman–Crippen MR) is 70.5 cm³/mol. The first-order valence-electron chi connectivity index (χ1n) is 6.01. The van der Waals surface area contributed by atoms with Crippen LogP contribution in [0.25, 0.3) is 0 Å². The van der Waals surface area contributed by atoms with Gasteiger partial charge >= 0.3 is 0 Å². The van der Waals surface area contributed by atoms with E-state index in [1.54, 1.807) is 7.11 Å². The highest BCUT2D eigenvalue weighted by atomic mass is 35.5. The molecular formula is C13H19ClN2O. The van der Waals surface area contributed by atoms with E-state index < -0.39 is 0 Å². The zero-order valence-electron chi connectivity index (χ0n) is 10.2. The molecule has 0 spiro atoms. The Bertz CT molecular complexity index is 353. The molecule has 1 atom stereocenters. The van der Waals surface area contributed by atoms with Crippen molar-refractivity contribution in [3.05, 3.63) is 34.9 Å². The van der Waals surface area contributed by atoms with Gasteiger partial charge < -0.3 is 10.1 Å². The van der Waals surface area contributed by atoms with E-state index in [4.69, 9.17) is 16.3 Å². The number of nitrogens with zero attached hydrogens (tertiary/aromatic N) is 1. The second kappa shape index (κ2) is 6.36. The minimum atomic E-state index is 0.0572. The molecule has 17 heavy (non-hydrogen) atoms. The lowest BCUT2D eigenvalue weighted by Gasteiger charge is -2.30. The molecule has 0 aromatic heterocycles. The summed E-state index contributed by atoms with van der Waals surface area (Å²) >= 11 is 6.20. The van der Waals surface area contributed by atoms with Crippen LogP contribution < -0.4 is 5.32 Å². The van der Waals surface area contributed by atoms with Crippen molar-refractivity contribution in [2.24, 2.45) is 0 Å². The summed E-state index contributed by atoms with van der Waals surface area (Å²) in [4.78, 5) is 2.41. The minimum absolute atomic E-state index is 0.0572. The van der Waals surface area contributed by atoms with E-state index >= 15 is 0 Å². The van der Waals surface area contributed by atoms with Crippen LogP contribution in [0.2, 0.25) is 5.02 Å². The summed E-state index contributed by atoms with van der Waals surface area (Å²) in [6.07, 6.45) is 0.0572. The van der Waals surface area contributed by atoms with Crippen LogP contribution in [0, 0.1) is 0 Å². The normalized spacial score (nSPS) is 19.2. The van der Waals surface area contributed by atoms with Crippen LogP contribution in [-0.2, 0) is 4.74 Å². The average Bonchev–Trinajstić information content (AvgIpc) is 2.38. The third-order valence-corrected chi connectivity index (χ3v) is 3.51. The first kappa shape index (κ1) is 12.8. The van der Waals surface area contributed by atoms with Crippen molar-refractivity contribution in [1.29, 1.82) is 0 Å². The monoisotopic (exact) mass is 254 g/mol. The van der Waals surface area contributed by atoms with Crippen molar-refractivity contribution in [3.63, 3.8) is 0 Å². The molecule has 1 aromatic rings. The molecule has 3 nitrogen and oxygen atoms in total. The van der Waals surface area contributed by atoms with Gasteiger partial charge in [-0.05, 0) is 6.07 Å². The third kappa shape index (κ3) is 3.42. The molecule has 0 saturated carbocycles. The number of hydrogen-bond acceptors (Lipinski definition) is 3. The zero-order valence-corrected chi connectivity index (χ0v) is 10.9. The number of hydrogen-bond donors (Lipinski definition) is 1. The van der Waals surface area contributed by atoms with Gasteiger partial charge in [-0.15, -0.1) is 0 Å². The quantitative estimate of drug-likeness (QED) is 0.889. The number of benzene rings is 1. The lowest BCUT2D eigenvalue weighted by Crippen LogP contribution is -2.45. The second-order valence-corrected chi connectivity index (χ2v) is 4.70. The Morgan fingerprint density at radius 1 is 1.35 bits per heavy atom. The molecular weight excluding hydrogens is 236 g/mol. The molecule has 0 radical (unpaired) electrons. The highest BCUT2D eigenvalue weighted by Gasteiger charge is 2.19. The summed E-state index contributed by atoms with van der Waals surface area (Å²) in [5.41, 5.74) is 1.08. The van der Waals surface area contributed by atoms with Crippen molar-refractivity contribution in [2.75, 3.05) is 39.8 Å². The van der Waals surface area contributed by atoms with Gasteiger partial charge in [0.1, 0.15) is 0 Å². The Labute approximate surface area is 108 Å². The van der Waals surface area contributed by atoms with Crippen LogP contribution in [0.3, 0.4) is 0 Å². The van der Waals surface area contributed by atoms with Gasteiger partial charge in [0.25, 0.3) is 0 Å². The third-order valence-electron chi connectivity index (χ3n) is 3.17. The van der Waals surface area contributed by atoms with Gasteiger partial charge in [-0.2, -0.15) is 0 Å². The molecule has 0 bridgehead atoms. The Balaban J connectivity index is 2.03. The lowest BCUT2D eigenvalue weighted by molar-refractivity contribution is 0.0595. The number of nitrogens with one attached hydrogen (secondary N) is 1. The first-order valence-corrected chi connectivity index (χ1v) is 6.39. The molecule has 1 fully saturated rings. The van der Waals surface area contributed by atoms with Gasteiger partial charge in [-0.25, -0.2) is 0 Å². The molecule has 1 aliphatic heterocycles. The summed E-state index contributed by atoms with van der Waals surface area (Å²) < 4.78 is 5.57. The molecule has 1 heterocycles. The first-order chi connectivity index (χ1) is 8.31. The van der Waals surface area contributed by atoms with Crippen molar-refractivity contribution in [2.45, 2.75) is 6.10 Å². The van der Waals surface area contributed by atoms with Gasteiger partial charge in [0.2, 0.25) is 0 Å². The van der Waals surface area contributed by atoms with Crippen LogP contribution in [0.5, 0.6) is 0 Å². The summed E-state index contributed by atoms with van der Waals surface area (Å²) in [5.74, 6) is 0. The fourth-order valence-corrected chi connectivity index (χ4v) is 2.42. The second-order valence-electron chi connectivity index (χ2n) is 4.30. The van der Waals surface area contributed by atoms with Gasteiger partial charge in [0.15, 0.2) is 0 Å². The number of methoxy groups -OCH3 is 1. The van der Waals surface area contributed by atoms with Crippen molar-refractivity contribution >= 4 is 11.6 Å². The molecule has 1 aromatic carbocycles. The zero-order chi connectivity index (χ0) is 12.1. The van der Waals surface area contributed by atoms with E-state index in [-0.39, 0.29) is 6.10 Å². The summed E-state index contributed by atoms with van der Waals surface area (Å²) in [7, 11) is 1.75. The SMILES string of the molecule is COC(CN1CCNCC1)c1ccccc1Cl. The molecule has 4 heteroatoms. The van der Waals surface area contributed by atoms with Crippen LogP contribution in [-0.4, -0.2) is 44.7 Å². The summed E-state index contributed by atoms with van der Waals surface area (Å²) in [6, 6.07) is 7.91. The Hall–Kier alpha value is -0.610. The average molecular weight is 255 g/mol. The van der Waals surface area contributed by atoms with E-state index in [2.05, 4.69) is 10.2 Å². The lowest BCUT2D eigenvalue weighted by atomic mass is 10.1. The van der Waals surface area contributed by atoms with E-state index in [9.17, 15) is 0 Å². The fraction of sp³-hybridized carbons (Fsp3) is 0.538. The molecule has 94 valence electrons. The topological polar surface area (TPSA) is 24.5 Å². The van der Waals surface area contributed by atoms with Gasteiger partial charge in [0, 0.05) is 50.4 Å². The predicted octanol–water partition coefficient (Wildman–Crippen LogP) is 1.93. The van der Waals surface area contributed by atoms with Crippen LogP contribution in [0.1, 0.15) is 11.7 Å². The Morgan fingerprint density at radius 3 is 2.71 bits per heavy atom. The van der Waals surface area contributed by atoms with Crippen molar-refractivity contribution in [1.82, 2.24) is 10.2 Å². The number of rotatable bonds is 4. The highest BCUT2D eigenvalue weighted by Crippen LogP contribution is 2.25. The molecule has 1 unspecified atom stereocenters. The largest absolute Gasteiger partial charge is 0.375 e. The number of ether oxygens (including phenoxy) is 1. The molecule has 0 aliphatic carbocycles. The van der Waals surface area contributed by atoms with Crippen LogP contribution in [0.4, 0.5) is 0 Å². The van der Waals surface area contributed by atoms with E-state index in [1.807, 2.05) is 24.3 Å². The smallest absolute Gasteiger partial charge is 0.0962 e. The maximum atomic E-state index is 6.20. The number of halogens is 1. The maximum Gasteiger partial charge on any atom is 0.0962 e. The molecule has 1 aliphatic rings. The summed E-state index contributed by atoms with van der Waals surface area (Å²) in [6.45, 7) is 5.16. The van der Waals surface area contributed by atoms with Gasteiger partial charge in [-0.3, -0.25) is 4.90 Å². The van der Waals surface area contributed by atoms with E-state index in [1.165, 1.54) is 0 Å². The van der Waals surface area contributed by atoms with Crippen LogP contribution in [0.15, 0.2) is 24.3 Å². The van der Waals surface area contributed by atoms with Crippen molar-refractivity contribution < 1.29 is 4.74 Å². The minimum Gasteiger partial charge on any atom is -0.375 e. The standard InChI is InChI=1S/C13H19ClN2O/c1-17-13(10-16-8-6-15-7-9-16)11-4-2-3-5-12(11)14/h2-5,13,15H,6-10H2,1H3. The Morgan fingerprint density at radius 2 is 2.06 bits per heavy atom. The van der Waals surface area contributed by atoms with Crippen molar-refractivity contribution in [3.8, 4) is 0 Å². The number of piperazine rings is 1. The van der Waals surface area contributed by atoms with Gasteiger partial charge in [0.05, 0.1) is 6.10 Å². The molecule has 0 amide bonds.